The Morgan fingerprint density at radius 1 is 0.708 bits per heavy atom. The van der Waals surface area contributed by atoms with E-state index in [-0.39, 0.29) is 0 Å². The lowest BCUT2D eigenvalue weighted by molar-refractivity contribution is 0.489. The highest BCUT2D eigenvalue weighted by Gasteiger charge is 2.05. The summed E-state index contributed by atoms with van der Waals surface area (Å²) in [7, 11) is 0. The Labute approximate surface area is 147 Å². The zero-order valence-electron chi connectivity index (χ0n) is 12.6. The van der Waals surface area contributed by atoms with Gasteiger partial charge in [-0.2, -0.15) is 0 Å². The molecule has 0 atom stereocenters. The molecule has 118 valence electrons. The van der Waals surface area contributed by atoms with Gasteiger partial charge in [0.2, 0.25) is 0 Å². The van der Waals surface area contributed by atoms with E-state index in [2.05, 4.69) is 21.8 Å². The molecule has 4 nitrogen and oxygen atoms in total. The highest BCUT2D eigenvalue weighted by atomic mass is 32.2. The van der Waals surface area contributed by atoms with Crippen molar-refractivity contribution in [3.05, 3.63) is 48.5 Å². The summed E-state index contributed by atoms with van der Waals surface area (Å²) < 4.78 is 11.3. The van der Waals surface area contributed by atoms with Crippen LogP contribution in [0, 0.1) is 11.8 Å². The summed E-state index contributed by atoms with van der Waals surface area (Å²) in [6.45, 7) is 0. The van der Waals surface area contributed by atoms with Gasteiger partial charge in [0, 0.05) is 0 Å². The van der Waals surface area contributed by atoms with Crippen LogP contribution in [0.25, 0.3) is 22.2 Å². The molecular weight excluding hydrogens is 340 g/mol. The number of thioether (sulfide) groups is 2. The largest absolute Gasteiger partial charge is 0.431 e. The summed E-state index contributed by atoms with van der Waals surface area (Å²) in [6.07, 6.45) is 0. The van der Waals surface area contributed by atoms with Crippen LogP contribution in [-0.4, -0.2) is 21.5 Å². The van der Waals surface area contributed by atoms with E-state index in [1.54, 1.807) is 0 Å². The van der Waals surface area contributed by atoms with Gasteiger partial charge in [0.15, 0.2) is 11.2 Å². The van der Waals surface area contributed by atoms with Crippen molar-refractivity contribution in [1.29, 1.82) is 0 Å². The van der Waals surface area contributed by atoms with E-state index in [9.17, 15) is 0 Å². The van der Waals surface area contributed by atoms with Gasteiger partial charge >= 0.3 is 0 Å². The maximum atomic E-state index is 5.63. The lowest BCUT2D eigenvalue weighted by atomic mass is 10.3. The minimum atomic E-state index is 0.640. The molecular formula is C18H12N2O2S2. The normalized spacial score (nSPS) is 10.8. The minimum Gasteiger partial charge on any atom is -0.431 e. The van der Waals surface area contributed by atoms with E-state index in [1.165, 1.54) is 23.5 Å². The molecule has 0 radical (unpaired) electrons. The van der Waals surface area contributed by atoms with Crippen molar-refractivity contribution in [2.75, 3.05) is 11.5 Å². The third-order valence-electron chi connectivity index (χ3n) is 3.21. The first kappa shape index (κ1) is 15.2. The van der Waals surface area contributed by atoms with E-state index in [4.69, 9.17) is 8.83 Å². The van der Waals surface area contributed by atoms with Crippen molar-refractivity contribution in [2.24, 2.45) is 0 Å². The van der Waals surface area contributed by atoms with Gasteiger partial charge in [0.1, 0.15) is 11.0 Å². The maximum Gasteiger partial charge on any atom is 0.257 e. The van der Waals surface area contributed by atoms with Crippen LogP contribution in [0.15, 0.2) is 67.8 Å². The van der Waals surface area contributed by atoms with E-state index < -0.39 is 0 Å². The molecule has 4 rings (SSSR count). The van der Waals surface area contributed by atoms with E-state index in [0.29, 0.717) is 22.0 Å². The summed E-state index contributed by atoms with van der Waals surface area (Å²) >= 11 is 2.99. The van der Waals surface area contributed by atoms with Gasteiger partial charge in [-0.1, -0.05) is 59.6 Å². The Hall–Kier alpha value is -2.36. The molecule has 0 N–H and O–H groups in total. The lowest BCUT2D eigenvalue weighted by Crippen LogP contribution is -1.77. The van der Waals surface area contributed by atoms with Gasteiger partial charge in [0.05, 0.1) is 11.5 Å². The molecule has 0 aliphatic heterocycles. The third kappa shape index (κ3) is 3.42. The SMILES string of the molecule is C(#CCSc1nc2ccccc2o1)CSc1nc2ccccc2o1. The molecule has 0 unspecified atom stereocenters. The second kappa shape index (κ2) is 7.04. The maximum absolute atomic E-state index is 5.63. The van der Waals surface area contributed by atoms with E-state index in [0.717, 1.165) is 22.2 Å². The summed E-state index contributed by atoms with van der Waals surface area (Å²) in [6, 6.07) is 15.5. The molecule has 2 heterocycles. The topological polar surface area (TPSA) is 52.1 Å². The number of rotatable bonds is 4. The van der Waals surface area contributed by atoms with Crippen molar-refractivity contribution < 1.29 is 8.83 Å². The second-order valence-electron chi connectivity index (χ2n) is 4.83. The van der Waals surface area contributed by atoms with Gasteiger partial charge in [-0.3, -0.25) is 0 Å². The highest BCUT2D eigenvalue weighted by Crippen LogP contribution is 2.23. The van der Waals surface area contributed by atoms with Crippen LogP contribution in [0.2, 0.25) is 0 Å². The Morgan fingerprint density at radius 2 is 1.17 bits per heavy atom. The van der Waals surface area contributed by atoms with Gasteiger partial charge < -0.3 is 8.83 Å². The van der Waals surface area contributed by atoms with Crippen molar-refractivity contribution in [2.45, 2.75) is 10.4 Å². The average Bonchev–Trinajstić information content (AvgIpc) is 3.20. The molecule has 4 aromatic rings. The molecule has 0 aliphatic rings. The zero-order valence-corrected chi connectivity index (χ0v) is 14.2. The smallest absolute Gasteiger partial charge is 0.257 e. The van der Waals surface area contributed by atoms with Gasteiger partial charge in [0.25, 0.3) is 10.4 Å². The first-order chi connectivity index (χ1) is 11.9. The van der Waals surface area contributed by atoms with Crippen molar-refractivity contribution in [3.8, 4) is 11.8 Å². The van der Waals surface area contributed by atoms with Crippen molar-refractivity contribution in [1.82, 2.24) is 9.97 Å². The van der Waals surface area contributed by atoms with Crippen LogP contribution in [0.4, 0.5) is 0 Å². The second-order valence-corrected chi connectivity index (χ2v) is 6.68. The molecule has 2 aromatic heterocycles. The van der Waals surface area contributed by atoms with Crippen molar-refractivity contribution in [3.63, 3.8) is 0 Å². The average molecular weight is 352 g/mol. The molecule has 0 saturated carbocycles. The Kier molecular flexibility index (Phi) is 4.45. The lowest BCUT2D eigenvalue weighted by Gasteiger charge is -1.88. The number of aromatic nitrogens is 2. The fourth-order valence-corrected chi connectivity index (χ4v) is 3.34. The van der Waals surface area contributed by atoms with Gasteiger partial charge in [-0.05, 0) is 24.3 Å². The van der Waals surface area contributed by atoms with E-state index in [1.807, 2.05) is 48.5 Å². The summed E-state index contributed by atoms with van der Waals surface area (Å²) in [5, 5.41) is 1.30. The molecule has 24 heavy (non-hydrogen) atoms. The number of para-hydroxylation sites is 4. The Morgan fingerprint density at radius 3 is 1.62 bits per heavy atom. The van der Waals surface area contributed by atoms with Crippen LogP contribution < -0.4 is 0 Å². The molecule has 0 spiro atoms. The van der Waals surface area contributed by atoms with Crippen LogP contribution in [0.1, 0.15) is 0 Å². The van der Waals surface area contributed by atoms with Crippen LogP contribution >= 0.6 is 23.5 Å². The predicted octanol–water partition coefficient (Wildman–Crippen LogP) is 4.86. The Balaban J connectivity index is 1.29. The molecule has 0 aliphatic carbocycles. The molecule has 0 fully saturated rings. The molecule has 0 bridgehead atoms. The number of hydrogen-bond donors (Lipinski definition) is 0. The fraction of sp³-hybridized carbons (Fsp3) is 0.111. The first-order valence-electron chi connectivity index (χ1n) is 7.31. The fourth-order valence-electron chi connectivity index (χ4n) is 2.12. The predicted molar refractivity (Wildman–Crippen MR) is 97.2 cm³/mol. The first-order valence-corrected chi connectivity index (χ1v) is 9.28. The summed E-state index contributed by atoms with van der Waals surface area (Å²) in [4.78, 5) is 8.80. The molecule has 6 heteroatoms. The third-order valence-corrected chi connectivity index (χ3v) is 4.63. The number of benzene rings is 2. The number of oxazole rings is 2. The van der Waals surface area contributed by atoms with E-state index >= 15 is 0 Å². The molecule has 2 aromatic carbocycles. The standard InChI is InChI=1S/C18H12N2O2S2/c1-3-9-15-13(7-1)19-17(21-15)23-11-5-6-12-24-18-20-14-8-2-4-10-16(14)22-18/h1-4,7-10H,11-12H2. The minimum absolute atomic E-state index is 0.640. The number of fused-ring (bicyclic) bond motifs is 2. The number of nitrogens with zero attached hydrogens (tertiary/aromatic N) is 2. The summed E-state index contributed by atoms with van der Waals surface area (Å²) in [5.41, 5.74) is 3.36. The highest BCUT2D eigenvalue weighted by molar-refractivity contribution is 7.99. The van der Waals surface area contributed by atoms with Gasteiger partial charge in [-0.25, -0.2) is 9.97 Å². The molecule has 0 saturated heterocycles. The van der Waals surface area contributed by atoms with Crippen molar-refractivity contribution >= 4 is 45.7 Å². The van der Waals surface area contributed by atoms with Crippen LogP contribution in [-0.2, 0) is 0 Å². The molecule has 0 amide bonds. The van der Waals surface area contributed by atoms with Crippen LogP contribution in [0.5, 0.6) is 0 Å². The quantitative estimate of drug-likeness (QED) is 0.386. The Bertz CT molecular complexity index is 895. The monoisotopic (exact) mass is 352 g/mol. The number of hydrogen-bond acceptors (Lipinski definition) is 6. The van der Waals surface area contributed by atoms with Crippen LogP contribution in [0.3, 0.4) is 0 Å². The summed E-state index contributed by atoms with van der Waals surface area (Å²) in [5.74, 6) is 7.49. The van der Waals surface area contributed by atoms with Gasteiger partial charge in [-0.15, -0.1) is 0 Å². The zero-order chi connectivity index (χ0) is 16.2.